The first-order valence-electron chi connectivity index (χ1n) is 11.7. The number of alkyl carbamates (subject to hydrolysis) is 1. The number of ether oxygens (including phenoxy) is 2. The summed E-state index contributed by atoms with van der Waals surface area (Å²) >= 11 is 1.64. The number of thiophene rings is 1. The van der Waals surface area contributed by atoms with Gasteiger partial charge in [0.05, 0.1) is 24.2 Å². The number of benzene rings is 2. The van der Waals surface area contributed by atoms with E-state index in [2.05, 4.69) is 30.8 Å². The van der Waals surface area contributed by atoms with Crippen molar-refractivity contribution in [3.05, 3.63) is 71.0 Å². The van der Waals surface area contributed by atoms with Gasteiger partial charge >= 0.3 is 6.09 Å². The Bertz CT molecular complexity index is 1540. The molecule has 182 valence electrons. The fourth-order valence-corrected chi connectivity index (χ4v) is 5.79. The predicted molar refractivity (Wildman–Crippen MR) is 139 cm³/mol. The third-order valence-corrected chi connectivity index (χ3v) is 7.54. The molecule has 3 N–H and O–H groups in total. The van der Waals surface area contributed by atoms with Gasteiger partial charge in [-0.3, -0.25) is 5.10 Å². The van der Waals surface area contributed by atoms with Gasteiger partial charge in [-0.15, -0.1) is 11.3 Å². The molecule has 0 bridgehead atoms. The van der Waals surface area contributed by atoms with Gasteiger partial charge in [0.2, 0.25) is 0 Å². The van der Waals surface area contributed by atoms with Crippen LogP contribution in [-0.4, -0.2) is 39.5 Å². The maximum Gasteiger partial charge on any atom is 0.407 e. The van der Waals surface area contributed by atoms with Crippen LogP contribution >= 0.6 is 11.3 Å². The number of aromatic nitrogens is 4. The molecule has 1 aliphatic rings. The maximum absolute atomic E-state index is 12.4. The SMILES string of the molecule is COc1ccc(CNC(=O)OC2CCc3c(sc4ncnc(Nc5ccc6[nH]ncc6c5)c34)C2)cc1. The number of carbonyl (C=O) groups is 1. The van der Waals surface area contributed by atoms with Gasteiger partial charge in [-0.2, -0.15) is 5.10 Å². The number of aromatic amines is 1. The summed E-state index contributed by atoms with van der Waals surface area (Å²) in [5.41, 5.74) is 4.14. The third-order valence-electron chi connectivity index (χ3n) is 6.37. The lowest BCUT2D eigenvalue weighted by atomic mass is 9.94. The standard InChI is InChI=1S/C26H24N6O3S/c1-34-18-5-2-15(3-6-18)12-27-26(33)35-19-7-8-20-22(11-19)36-25-23(20)24(28-14-29-25)31-17-4-9-21-16(10-17)13-30-32-21/h2-6,9-10,13-14,19H,7-8,11-12H2,1H3,(H,27,33)(H,30,32)(H,28,29,31). The molecule has 1 atom stereocenters. The minimum atomic E-state index is -0.405. The zero-order chi connectivity index (χ0) is 24.5. The van der Waals surface area contributed by atoms with Crippen LogP contribution in [-0.2, 0) is 24.1 Å². The molecule has 1 unspecified atom stereocenters. The van der Waals surface area contributed by atoms with Crippen molar-refractivity contribution in [3.63, 3.8) is 0 Å². The molecule has 3 heterocycles. The predicted octanol–water partition coefficient (Wildman–Crippen LogP) is 5.10. The fraction of sp³-hybridized carbons (Fsp3) is 0.231. The van der Waals surface area contributed by atoms with Crippen molar-refractivity contribution in [2.24, 2.45) is 0 Å². The Labute approximate surface area is 210 Å². The van der Waals surface area contributed by atoms with Crippen LogP contribution in [0.15, 0.2) is 55.0 Å². The molecule has 0 fully saturated rings. The molecule has 36 heavy (non-hydrogen) atoms. The quantitative estimate of drug-likeness (QED) is 0.297. The molecule has 5 aromatic rings. The van der Waals surface area contributed by atoms with Gasteiger partial charge < -0.3 is 20.1 Å². The summed E-state index contributed by atoms with van der Waals surface area (Å²) < 4.78 is 10.9. The van der Waals surface area contributed by atoms with Gasteiger partial charge in [-0.05, 0) is 54.3 Å². The number of nitrogens with one attached hydrogen (secondary N) is 3. The van der Waals surface area contributed by atoms with Gasteiger partial charge in [0.25, 0.3) is 0 Å². The number of fused-ring (bicyclic) bond motifs is 4. The van der Waals surface area contributed by atoms with E-state index in [0.29, 0.717) is 13.0 Å². The highest BCUT2D eigenvalue weighted by Crippen LogP contribution is 2.39. The van der Waals surface area contributed by atoms with Crippen molar-refractivity contribution in [2.75, 3.05) is 12.4 Å². The zero-order valence-corrected chi connectivity index (χ0v) is 20.4. The molecular formula is C26H24N6O3S. The molecule has 0 saturated carbocycles. The van der Waals surface area contributed by atoms with Crippen molar-refractivity contribution < 1.29 is 14.3 Å². The number of methoxy groups -OCH3 is 1. The highest BCUT2D eigenvalue weighted by molar-refractivity contribution is 7.19. The summed E-state index contributed by atoms with van der Waals surface area (Å²) in [4.78, 5) is 23.6. The number of aryl methyl sites for hydroxylation is 1. The smallest absolute Gasteiger partial charge is 0.407 e. The molecule has 10 heteroatoms. The lowest BCUT2D eigenvalue weighted by Crippen LogP contribution is -2.31. The number of carbonyl (C=O) groups excluding carboxylic acids is 1. The summed E-state index contributed by atoms with van der Waals surface area (Å²) in [7, 11) is 1.63. The van der Waals surface area contributed by atoms with Crippen molar-refractivity contribution >= 4 is 50.1 Å². The van der Waals surface area contributed by atoms with Crippen LogP contribution in [0.5, 0.6) is 5.75 Å². The summed E-state index contributed by atoms with van der Waals surface area (Å²) in [6.07, 6.45) is 5.04. The maximum atomic E-state index is 12.4. The molecule has 0 spiro atoms. The number of anilines is 2. The van der Waals surface area contributed by atoms with Gasteiger partial charge in [0.1, 0.15) is 28.8 Å². The number of nitrogens with zero attached hydrogens (tertiary/aromatic N) is 3. The van der Waals surface area contributed by atoms with Crippen LogP contribution in [0.4, 0.5) is 16.3 Å². The molecule has 6 rings (SSSR count). The largest absolute Gasteiger partial charge is 0.497 e. The molecule has 3 aromatic heterocycles. The summed E-state index contributed by atoms with van der Waals surface area (Å²) in [5.74, 6) is 1.57. The van der Waals surface area contributed by atoms with Crippen molar-refractivity contribution in [2.45, 2.75) is 31.9 Å². The van der Waals surface area contributed by atoms with Crippen LogP contribution in [0.1, 0.15) is 22.4 Å². The van der Waals surface area contributed by atoms with E-state index in [1.165, 1.54) is 10.4 Å². The second-order valence-corrected chi connectivity index (χ2v) is 9.76. The average Bonchev–Trinajstić information content (AvgIpc) is 3.52. The Morgan fingerprint density at radius 1 is 1.19 bits per heavy atom. The summed E-state index contributed by atoms with van der Waals surface area (Å²) in [6, 6.07) is 13.6. The Hall–Kier alpha value is -4.18. The van der Waals surface area contributed by atoms with E-state index in [4.69, 9.17) is 9.47 Å². The summed E-state index contributed by atoms with van der Waals surface area (Å²) in [6.45, 7) is 0.402. The molecular weight excluding hydrogens is 476 g/mol. The minimum Gasteiger partial charge on any atom is -0.497 e. The van der Waals surface area contributed by atoms with Crippen LogP contribution in [0, 0.1) is 0 Å². The van der Waals surface area contributed by atoms with Crippen molar-refractivity contribution in [1.29, 1.82) is 0 Å². The number of H-pyrrole nitrogens is 1. The zero-order valence-electron chi connectivity index (χ0n) is 19.6. The normalized spacial score (nSPS) is 15.0. The summed E-state index contributed by atoms with van der Waals surface area (Å²) in [5, 5.41) is 15.4. The molecule has 0 radical (unpaired) electrons. The minimum absolute atomic E-state index is 0.172. The highest BCUT2D eigenvalue weighted by atomic mass is 32.1. The first-order valence-corrected chi connectivity index (χ1v) is 12.5. The monoisotopic (exact) mass is 500 g/mol. The third kappa shape index (κ3) is 4.42. The second-order valence-electron chi connectivity index (χ2n) is 8.67. The van der Waals surface area contributed by atoms with Gasteiger partial charge in [0.15, 0.2) is 0 Å². The van der Waals surface area contributed by atoms with E-state index in [1.54, 1.807) is 31.0 Å². The molecule has 2 aromatic carbocycles. The van der Waals surface area contributed by atoms with E-state index in [0.717, 1.165) is 56.8 Å². The lowest BCUT2D eigenvalue weighted by Gasteiger charge is -2.23. The lowest BCUT2D eigenvalue weighted by molar-refractivity contribution is 0.0899. The molecule has 9 nitrogen and oxygen atoms in total. The van der Waals surface area contributed by atoms with Crippen LogP contribution < -0.4 is 15.4 Å². The van der Waals surface area contributed by atoms with E-state index in [1.807, 2.05) is 42.5 Å². The Morgan fingerprint density at radius 2 is 2.08 bits per heavy atom. The van der Waals surface area contributed by atoms with Crippen molar-refractivity contribution in [3.8, 4) is 5.75 Å². The number of hydrogen-bond donors (Lipinski definition) is 3. The Balaban J connectivity index is 1.14. The Morgan fingerprint density at radius 3 is 2.94 bits per heavy atom. The van der Waals surface area contributed by atoms with Crippen LogP contribution in [0.25, 0.3) is 21.1 Å². The van der Waals surface area contributed by atoms with Gasteiger partial charge in [0, 0.05) is 28.9 Å². The Kier molecular flexibility index (Phi) is 5.86. The number of amides is 1. The van der Waals surface area contributed by atoms with Gasteiger partial charge in [-0.1, -0.05) is 12.1 Å². The second kappa shape index (κ2) is 9.46. The molecule has 1 amide bonds. The fourth-order valence-electron chi connectivity index (χ4n) is 4.54. The molecule has 1 aliphatic carbocycles. The van der Waals surface area contributed by atoms with E-state index in [9.17, 15) is 4.79 Å². The highest BCUT2D eigenvalue weighted by Gasteiger charge is 2.27. The van der Waals surface area contributed by atoms with Crippen molar-refractivity contribution in [1.82, 2.24) is 25.5 Å². The van der Waals surface area contributed by atoms with E-state index in [-0.39, 0.29) is 6.10 Å². The van der Waals surface area contributed by atoms with Crippen LogP contribution in [0.2, 0.25) is 0 Å². The molecule has 0 aliphatic heterocycles. The van der Waals surface area contributed by atoms with Gasteiger partial charge in [-0.25, -0.2) is 14.8 Å². The van der Waals surface area contributed by atoms with Crippen LogP contribution in [0.3, 0.4) is 0 Å². The number of rotatable bonds is 6. The average molecular weight is 501 g/mol. The molecule has 0 saturated heterocycles. The topological polar surface area (TPSA) is 114 Å². The first-order chi connectivity index (χ1) is 17.7. The first kappa shape index (κ1) is 22.3. The number of hydrogen-bond acceptors (Lipinski definition) is 8. The van der Waals surface area contributed by atoms with E-state index >= 15 is 0 Å². The van der Waals surface area contributed by atoms with E-state index < -0.39 is 6.09 Å².